The molecule has 0 bridgehead atoms. The molecule has 1 aromatic carbocycles. The number of carbonyl (C=O) groups excluding carboxylic acids is 3. The van der Waals surface area contributed by atoms with Gasteiger partial charge in [0.05, 0.1) is 18.4 Å². The van der Waals surface area contributed by atoms with E-state index in [2.05, 4.69) is 4.90 Å². The second kappa shape index (κ2) is 6.85. The van der Waals surface area contributed by atoms with E-state index in [9.17, 15) is 14.4 Å². The number of anilines is 1. The first-order valence-electron chi connectivity index (χ1n) is 7.85. The average Bonchev–Trinajstić information content (AvgIpc) is 2.84. The molecule has 0 atom stereocenters. The molecule has 0 N–H and O–H groups in total. The van der Waals surface area contributed by atoms with Gasteiger partial charge in [-0.3, -0.25) is 9.59 Å². The number of ether oxygens (including phenoxy) is 1. The second-order valence-corrected chi connectivity index (χ2v) is 6.29. The van der Waals surface area contributed by atoms with Crippen molar-refractivity contribution in [2.75, 3.05) is 45.2 Å². The van der Waals surface area contributed by atoms with Crippen molar-refractivity contribution in [1.82, 2.24) is 9.80 Å². The number of imide groups is 1. The van der Waals surface area contributed by atoms with Crippen LogP contribution in [0.4, 0.5) is 5.69 Å². The highest BCUT2D eigenvalue weighted by atomic mass is 35.5. The molecule has 7 nitrogen and oxygen atoms in total. The summed E-state index contributed by atoms with van der Waals surface area (Å²) in [5.74, 6) is -1.77. The van der Waals surface area contributed by atoms with Crippen LogP contribution in [-0.2, 0) is 14.3 Å². The number of methoxy groups -OCH3 is 1. The SMILES string of the molecule is COC(=O)c1ccccc1N1C(=O)C(Cl)=C(N2CCN(C)CC2)C1=O. The van der Waals surface area contributed by atoms with Gasteiger partial charge in [-0.1, -0.05) is 23.7 Å². The summed E-state index contributed by atoms with van der Waals surface area (Å²) in [6.45, 7) is 2.75. The monoisotopic (exact) mass is 363 g/mol. The molecule has 0 spiro atoms. The Morgan fingerprint density at radius 3 is 2.36 bits per heavy atom. The first-order chi connectivity index (χ1) is 12.0. The molecule has 1 fully saturated rings. The Labute approximate surface area is 150 Å². The maximum atomic E-state index is 12.9. The van der Waals surface area contributed by atoms with E-state index in [0.29, 0.717) is 13.1 Å². The quantitative estimate of drug-likeness (QED) is 0.590. The largest absolute Gasteiger partial charge is 0.465 e. The fraction of sp³-hybridized carbons (Fsp3) is 0.353. The topological polar surface area (TPSA) is 70.2 Å². The van der Waals surface area contributed by atoms with E-state index in [0.717, 1.165) is 18.0 Å². The molecular formula is C17H18ClN3O4. The normalized spacial score (nSPS) is 19.0. The van der Waals surface area contributed by atoms with Gasteiger partial charge in [-0.05, 0) is 19.2 Å². The molecule has 2 heterocycles. The van der Waals surface area contributed by atoms with Gasteiger partial charge in [0.15, 0.2) is 0 Å². The number of amides is 2. The van der Waals surface area contributed by atoms with Gasteiger partial charge in [-0.25, -0.2) is 9.69 Å². The maximum Gasteiger partial charge on any atom is 0.339 e. The predicted octanol–water partition coefficient (Wildman–Crippen LogP) is 1.04. The number of esters is 1. The minimum absolute atomic E-state index is 0.116. The van der Waals surface area contributed by atoms with Gasteiger partial charge in [-0.2, -0.15) is 0 Å². The molecule has 132 valence electrons. The van der Waals surface area contributed by atoms with Gasteiger partial charge < -0.3 is 14.5 Å². The number of piperazine rings is 1. The lowest BCUT2D eigenvalue weighted by molar-refractivity contribution is -0.121. The van der Waals surface area contributed by atoms with Crippen molar-refractivity contribution >= 4 is 35.1 Å². The molecule has 25 heavy (non-hydrogen) atoms. The molecule has 2 aliphatic heterocycles. The Bertz CT molecular complexity index is 769. The van der Waals surface area contributed by atoms with Crippen molar-refractivity contribution < 1.29 is 19.1 Å². The van der Waals surface area contributed by atoms with E-state index in [-0.39, 0.29) is 22.0 Å². The fourth-order valence-corrected chi connectivity index (χ4v) is 3.25. The van der Waals surface area contributed by atoms with Crippen molar-refractivity contribution in [2.24, 2.45) is 0 Å². The summed E-state index contributed by atoms with van der Waals surface area (Å²) in [6, 6.07) is 6.31. The zero-order valence-corrected chi connectivity index (χ0v) is 14.7. The van der Waals surface area contributed by atoms with E-state index < -0.39 is 17.8 Å². The Morgan fingerprint density at radius 2 is 1.72 bits per heavy atom. The third kappa shape index (κ3) is 3.01. The summed E-state index contributed by atoms with van der Waals surface area (Å²) in [4.78, 5) is 42.4. The van der Waals surface area contributed by atoms with Crippen molar-refractivity contribution in [2.45, 2.75) is 0 Å². The van der Waals surface area contributed by atoms with Crippen LogP contribution in [0.15, 0.2) is 35.0 Å². The smallest absolute Gasteiger partial charge is 0.339 e. The molecule has 1 saturated heterocycles. The van der Waals surface area contributed by atoms with Crippen LogP contribution < -0.4 is 4.90 Å². The van der Waals surface area contributed by atoms with Crippen LogP contribution in [0, 0.1) is 0 Å². The second-order valence-electron chi connectivity index (χ2n) is 5.91. The van der Waals surface area contributed by atoms with E-state index in [1.807, 2.05) is 11.9 Å². The standard InChI is InChI=1S/C17H18ClN3O4/c1-19-7-9-20(10-8-19)14-13(18)15(22)21(16(14)23)12-6-4-3-5-11(12)17(24)25-2/h3-6H,7-10H2,1-2H3. The summed E-state index contributed by atoms with van der Waals surface area (Å²) >= 11 is 6.20. The predicted molar refractivity (Wildman–Crippen MR) is 92.2 cm³/mol. The van der Waals surface area contributed by atoms with Gasteiger partial charge in [-0.15, -0.1) is 0 Å². The lowest BCUT2D eigenvalue weighted by atomic mass is 10.1. The molecule has 0 saturated carbocycles. The number of likely N-dealkylation sites (N-methyl/N-ethyl adjacent to an activating group) is 1. The van der Waals surface area contributed by atoms with Crippen LogP contribution in [0.2, 0.25) is 0 Å². The molecule has 2 amide bonds. The van der Waals surface area contributed by atoms with E-state index in [1.54, 1.807) is 12.1 Å². The first kappa shape index (κ1) is 17.4. The van der Waals surface area contributed by atoms with Gasteiger partial charge in [0.25, 0.3) is 11.8 Å². The number of rotatable bonds is 3. The Morgan fingerprint density at radius 1 is 1.08 bits per heavy atom. The van der Waals surface area contributed by atoms with Crippen LogP contribution >= 0.6 is 11.6 Å². The number of hydrogen-bond donors (Lipinski definition) is 0. The number of hydrogen-bond acceptors (Lipinski definition) is 6. The van der Waals surface area contributed by atoms with Gasteiger partial charge in [0.2, 0.25) is 0 Å². The molecule has 1 aromatic rings. The van der Waals surface area contributed by atoms with E-state index in [1.165, 1.54) is 19.2 Å². The van der Waals surface area contributed by atoms with Crippen molar-refractivity contribution in [1.29, 1.82) is 0 Å². The third-order valence-electron chi connectivity index (χ3n) is 4.37. The Hall–Kier alpha value is -2.38. The van der Waals surface area contributed by atoms with Crippen LogP contribution in [-0.4, -0.2) is 67.9 Å². The van der Waals surface area contributed by atoms with Crippen molar-refractivity contribution in [3.8, 4) is 0 Å². The molecule has 3 rings (SSSR count). The molecule has 0 radical (unpaired) electrons. The van der Waals surface area contributed by atoms with Gasteiger partial charge in [0.1, 0.15) is 10.7 Å². The highest BCUT2D eigenvalue weighted by molar-refractivity contribution is 6.52. The zero-order chi connectivity index (χ0) is 18.1. The first-order valence-corrected chi connectivity index (χ1v) is 8.23. The Kier molecular flexibility index (Phi) is 4.78. The molecule has 0 aliphatic carbocycles. The minimum atomic E-state index is -0.628. The highest BCUT2D eigenvalue weighted by Crippen LogP contribution is 2.33. The van der Waals surface area contributed by atoms with Crippen LogP contribution in [0.1, 0.15) is 10.4 Å². The molecule has 2 aliphatic rings. The van der Waals surface area contributed by atoms with E-state index >= 15 is 0 Å². The lowest BCUT2D eigenvalue weighted by Gasteiger charge is -2.34. The van der Waals surface area contributed by atoms with Crippen molar-refractivity contribution in [3.05, 3.63) is 40.6 Å². The average molecular weight is 364 g/mol. The zero-order valence-electron chi connectivity index (χ0n) is 14.0. The summed E-state index contributed by atoms with van der Waals surface area (Å²) in [7, 11) is 3.24. The maximum absolute atomic E-state index is 12.9. The summed E-state index contributed by atoms with van der Waals surface area (Å²) in [5, 5.41) is -0.116. The number of halogens is 1. The van der Waals surface area contributed by atoms with Crippen LogP contribution in [0.25, 0.3) is 0 Å². The van der Waals surface area contributed by atoms with Crippen LogP contribution in [0.3, 0.4) is 0 Å². The lowest BCUT2D eigenvalue weighted by Crippen LogP contribution is -2.46. The number of carbonyl (C=O) groups is 3. The van der Waals surface area contributed by atoms with Gasteiger partial charge in [0, 0.05) is 26.2 Å². The van der Waals surface area contributed by atoms with Crippen molar-refractivity contribution in [3.63, 3.8) is 0 Å². The number of nitrogens with zero attached hydrogens (tertiary/aromatic N) is 3. The summed E-state index contributed by atoms with van der Waals surface area (Å²) in [6.07, 6.45) is 0. The van der Waals surface area contributed by atoms with Gasteiger partial charge >= 0.3 is 5.97 Å². The fourth-order valence-electron chi connectivity index (χ4n) is 2.97. The molecule has 0 aromatic heterocycles. The van der Waals surface area contributed by atoms with Crippen LogP contribution in [0.5, 0.6) is 0 Å². The molecule has 8 heteroatoms. The summed E-state index contributed by atoms with van der Waals surface area (Å²) < 4.78 is 4.74. The minimum Gasteiger partial charge on any atom is -0.465 e. The molecular weight excluding hydrogens is 346 g/mol. The highest BCUT2D eigenvalue weighted by Gasteiger charge is 2.43. The number of benzene rings is 1. The Balaban J connectivity index is 1.96. The summed E-state index contributed by atoms with van der Waals surface area (Å²) in [5.41, 5.74) is 0.502. The number of para-hydroxylation sites is 1. The third-order valence-corrected chi connectivity index (χ3v) is 4.71. The molecule has 0 unspecified atom stereocenters. The van der Waals surface area contributed by atoms with E-state index in [4.69, 9.17) is 16.3 Å².